The average Bonchev–Trinajstić information content (AvgIpc) is 2.36. The van der Waals surface area contributed by atoms with Crippen LogP contribution >= 0.6 is 23.4 Å². The highest BCUT2D eigenvalue weighted by atomic mass is 35.5. The van der Waals surface area contributed by atoms with E-state index in [-0.39, 0.29) is 11.6 Å². The molecule has 19 heavy (non-hydrogen) atoms. The molecule has 0 saturated carbocycles. The Hall–Kier alpha value is -1.26. The van der Waals surface area contributed by atoms with Gasteiger partial charge in [-0.05, 0) is 26.0 Å². The highest BCUT2D eigenvalue weighted by Crippen LogP contribution is 2.23. The topological polar surface area (TPSA) is 34.9 Å². The van der Waals surface area contributed by atoms with Crippen molar-refractivity contribution in [3.8, 4) is 0 Å². The minimum absolute atomic E-state index is 0.0108. The Labute approximate surface area is 121 Å². The van der Waals surface area contributed by atoms with Gasteiger partial charge in [0.05, 0.1) is 10.9 Å². The maximum atomic E-state index is 12.5. The van der Waals surface area contributed by atoms with Crippen molar-refractivity contribution >= 4 is 34.3 Å². The van der Waals surface area contributed by atoms with E-state index < -0.39 is 0 Å². The van der Waals surface area contributed by atoms with Crippen LogP contribution in [0.4, 0.5) is 0 Å². The zero-order valence-corrected chi connectivity index (χ0v) is 12.5. The molecule has 3 nitrogen and oxygen atoms in total. The van der Waals surface area contributed by atoms with Crippen LogP contribution in [-0.4, -0.2) is 15.3 Å². The second-order valence-electron chi connectivity index (χ2n) is 4.49. The molecule has 0 unspecified atom stereocenters. The Morgan fingerprint density at radius 3 is 2.79 bits per heavy atom. The van der Waals surface area contributed by atoms with Crippen LogP contribution < -0.4 is 5.56 Å². The third-order valence-corrected chi connectivity index (χ3v) is 3.98. The molecular formula is C14H15ClN2OS. The van der Waals surface area contributed by atoms with E-state index in [1.807, 2.05) is 32.0 Å². The van der Waals surface area contributed by atoms with Crippen molar-refractivity contribution in [2.75, 3.05) is 5.75 Å². The Morgan fingerprint density at radius 1 is 1.47 bits per heavy atom. The quantitative estimate of drug-likeness (QED) is 0.635. The van der Waals surface area contributed by atoms with E-state index in [2.05, 4.69) is 11.6 Å². The van der Waals surface area contributed by atoms with Gasteiger partial charge in [-0.2, -0.15) is 0 Å². The Bertz CT molecular complexity index is 679. The Morgan fingerprint density at radius 2 is 2.16 bits per heavy atom. The molecule has 0 aliphatic carbocycles. The molecule has 0 N–H and O–H groups in total. The molecule has 1 aromatic carbocycles. The fourth-order valence-corrected chi connectivity index (χ4v) is 2.87. The largest absolute Gasteiger partial charge is 0.285 e. The van der Waals surface area contributed by atoms with Crippen molar-refractivity contribution in [2.45, 2.75) is 25.0 Å². The number of thioether (sulfide) groups is 1. The summed E-state index contributed by atoms with van der Waals surface area (Å²) < 4.78 is 1.70. The van der Waals surface area contributed by atoms with Crippen molar-refractivity contribution < 1.29 is 0 Å². The van der Waals surface area contributed by atoms with E-state index in [0.717, 1.165) is 0 Å². The summed E-state index contributed by atoms with van der Waals surface area (Å²) in [5.41, 5.74) is 0.704. The highest BCUT2D eigenvalue weighted by molar-refractivity contribution is 7.99. The second kappa shape index (κ2) is 5.80. The van der Waals surface area contributed by atoms with Crippen LogP contribution in [0.25, 0.3) is 10.9 Å². The van der Waals surface area contributed by atoms with Gasteiger partial charge in [-0.15, -0.1) is 0 Å². The van der Waals surface area contributed by atoms with E-state index in [0.29, 0.717) is 26.8 Å². The van der Waals surface area contributed by atoms with E-state index in [9.17, 15) is 4.79 Å². The predicted molar refractivity (Wildman–Crippen MR) is 82.1 cm³/mol. The van der Waals surface area contributed by atoms with E-state index >= 15 is 0 Å². The summed E-state index contributed by atoms with van der Waals surface area (Å²) in [5.74, 6) is 0.541. The van der Waals surface area contributed by atoms with Gasteiger partial charge in [-0.1, -0.05) is 42.1 Å². The second-order valence-corrected chi connectivity index (χ2v) is 5.96. The Kier molecular flexibility index (Phi) is 4.32. The van der Waals surface area contributed by atoms with E-state index in [4.69, 9.17) is 11.6 Å². The molecule has 0 bridgehead atoms. The fourth-order valence-electron chi connectivity index (χ4n) is 1.83. The van der Waals surface area contributed by atoms with Gasteiger partial charge < -0.3 is 0 Å². The van der Waals surface area contributed by atoms with Crippen molar-refractivity contribution in [3.05, 3.63) is 46.2 Å². The lowest BCUT2D eigenvalue weighted by Gasteiger charge is -2.15. The number of hydrogen-bond acceptors (Lipinski definition) is 3. The number of hydrogen-bond donors (Lipinski definition) is 0. The summed E-state index contributed by atoms with van der Waals surface area (Å²) in [6, 6.07) is 7.43. The third-order valence-electron chi connectivity index (χ3n) is 2.65. The summed E-state index contributed by atoms with van der Waals surface area (Å²) in [6.45, 7) is 7.60. The maximum Gasteiger partial charge on any atom is 0.262 e. The third kappa shape index (κ3) is 3.01. The molecule has 2 rings (SSSR count). The molecule has 100 valence electrons. The summed E-state index contributed by atoms with van der Waals surface area (Å²) in [7, 11) is 0. The molecule has 0 amide bonds. The first-order valence-corrected chi connectivity index (χ1v) is 7.34. The van der Waals surface area contributed by atoms with Crippen molar-refractivity contribution in [3.63, 3.8) is 0 Å². The first kappa shape index (κ1) is 14.2. The normalized spacial score (nSPS) is 11.2. The maximum absolute atomic E-state index is 12.5. The van der Waals surface area contributed by atoms with Crippen LogP contribution in [0, 0.1) is 0 Å². The molecule has 0 saturated heterocycles. The average molecular weight is 295 g/mol. The number of aromatic nitrogens is 2. The number of rotatable bonds is 4. The zero-order chi connectivity index (χ0) is 14.0. The van der Waals surface area contributed by atoms with Crippen molar-refractivity contribution in [1.29, 1.82) is 0 Å². The molecule has 0 aliphatic heterocycles. The molecule has 0 radical (unpaired) electrons. The number of halogens is 1. The van der Waals surface area contributed by atoms with Gasteiger partial charge in [0.2, 0.25) is 0 Å². The van der Waals surface area contributed by atoms with Gasteiger partial charge >= 0.3 is 0 Å². The molecule has 1 heterocycles. The molecular weight excluding hydrogens is 280 g/mol. The van der Waals surface area contributed by atoms with Crippen LogP contribution in [0.3, 0.4) is 0 Å². The number of nitrogens with zero attached hydrogens (tertiary/aromatic N) is 2. The monoisotopic (exact) mass is 294 g/mol. The first-order chi connectivity index (χ1) is 9.00. The van der Waals surface area contributed by atoms with Crippen molar-refractivity contribution in [1.82, 2.24) is 9.55 Å². The molecule has 5 heteroatoms. The molecule has 0 fully saturated rings. The van der Waals surface area contributed by atoms with Gasteiger partial charge in [-0.3, -0.25) is 9.36 Å². The summed E-state index contributed by atoms with van der Waals surface area (Å²) in [6.07, 6.45) is 0. The van der Waals surface area contributed by atoms with E-state index in [1.54, 1.807) is 10.6 Å². The molecule has 1 aromatic heterocycles. The Balaban J connectivity index is 2.63. The van der Waals surface area contributed by atoms with Gasteiger partial charge in [0.1, 0.15) is 0 Å². The summed E-state index contributed by atoms with van der Waals surface area (Å²) in [5, 5.41) is 1.87. The zero-order valence-electron chi connectivity index (χ0n) is 10.9. The molecule has 0 atom stereocenters. The van der Waals surface area contributed by atoms with Gasteiger partial charge in [0, 0.05) is 16.8 Å². The van der Waals surface area contributed by atoms with Crippen LogP contribution in [-0.2, 0) is 0 Å². The van der Waals surface area contributed by atoms with Crippen LogP contribution in [0.1, 0.15) is 19.9 Å². The first-order valence-electron chi connectivity index (χ1n) is 5.98. The standard InChI is InChI=1S/C14H15ClN2OS/c1-9(2)17-13(18)11-6-4-5-7-12(11)16-14(17)19-8-10(3)15/h4-7,9H,3,8H2,1-2H3. The minimum atomic E-state index is -0.0108. The molecule has 2 aromatic rings. The van der Waals surface area contributed by atoms with Crippen LogP contribution in [0.15, 0.2) is 45.8 Å². The molecule has 0 spiro atoms. The van der Waals surface area contributed by atoms with Gasteiger partial charge in [0.25, 0.3) is 5.56 Å². The predicted octanol–water partition coefficient (Wildman–Crippen LogP) is 3.82. The van der Waals surface area contributed by atoms with Crippen LogP contribution in [0.5, 0.6) is 0 Å². The number of benzene rings is 1. The lowest BCUT2D eigenvalue weighted by molar-refractivity contribution is 0.519. The SMILES string of the molecule is C=C(Cl)CSc1nc2ccccc2c(=O)n1C(C)C. The fraction of sp³-hybridized carbons (Fsp3) is 0.286. The lowest BCUT2D eigenvalue weighted by Crippen LogP contribution is -2.25. The van der Waals surface area contributed by atoms with Gasteiger partial charge in [-0.25, -0.2) is 4.98 Å². The van der Waals surface area contributed by atoms with E-state index in [1.165, 1.54) is 11.8 Å². The number of para-hydroxylation sites is 1. The number of fused-ring (bicyclic) bond motifs is 1. The van der Waals surface area contributed by atoms with Crippen molar-refractivity contribution in [2.24, 2.45) is 0 Å². The lowest BCUT2D eigenvalue weighted by atomic mass is 10.2. The highest BCUT2D eigenvalue weighted by Gasteiger charge is 2.13. The smallest absolute Gasteiger partial charge is 0.262 e. The summed E-state index contributed by atoms with van der Waals surface area (Å²) >= 11 is 7.22. The summed E-state index contributed by atoms with van der Waals surface area (Å²) in [4.78, 5) is 17.0. The minimum Gasteiger partial charge on any atom is -0.285 e. The van der Waals surface area contributed by atoms with Crippen LogP contribution in [0.2, 0.25) is 0 Å². The van der Waals surface area contributed by atoms with Gasteiger partial charge in [0.15, 0.2) is 5.16 Å². The molecule has 0 aliphatic rings.